The van der Waals surface area contributed by atoms with Crippen molar-refractivity contribution >= 4 is 17.9 Å². The van der Waals surface area contributed by atoms with E-state index in [2.05, 4.69) is 25.5 Å². The Labute approximate surface area is 126 Å². The number of ether oxygens (including phenoxy) is 1. The molecule has 1 aromatic rings. The molecule has 0 aliphatic rings. The minimum atomic E-state index is -0.458. The zero-order chi connectivity index (χ0) is 15.4. The van der Waals surface area contributed by atoms with Crippen LogP contribution in [0, 0.1) is 0 Å². The van der Waals surface area contributed by atoms with Crippen molar-refractivity contribution in [3.63, 3.8) is 0 Å². The molecule has 1 aromatic carbocycles. The number of esters is 1. The number of rotatable bonds is 4. The van der Waals surface area contributed by atoms with E-state index in [1.807, 2.05) is 45.0 Å². The summed E-state index contributed by atoms with van der Waals surface area (Å²) >= 11 is 1.71. The lowest BCUT2D eigenvalue weighted by molar-refractivity contribution is 0.00695. The van der Waals surface area contributed by atoms with Gasteiger partial charge >= 0.3 is 5.97 Å². The maximum absolute atomic E-state index is 11.9. The fraction of sp³-hybridized carbons (Fsp3) is 0.562. The van der Waals surface area contributed by atoms with Crippen LogP contribution < -0.4 is 4.72 Å². The van der Waals surface area contributed by atoms with Crippen LogP contribution in [-0.4, -0.2) is 16.3 Å². The highest BCUT2D eigenvalue weighted by Crippen LogP contribution is 2.20. The van der Waals surface area contributed by atoms with Gasteiger partial charge in [-0.15, -0.1) is 0 Å². The van der Waals surface area contributed by atoms with Crippen LogP contribution in [-0.2, 0) is 11.3 Å². The summed E-state index contributed by atoms with van der Waals surface area (Å²) in [5, 5.41) is 0. The van der Waals surface area contributed by atoms with Gasteiger partial charge in [0.15, 0.2) is 0 Å². The SMILES string of the molecule is CC(C)(C)OC(=O)c1ccc(CNSC(C)(C)C)cc1. The molecule has 0 spiro atoms. The number of nitrogens with one attached hydrogen (secondary N) is 1. The minimum Gasteiger partial charge on any atom is -0.456 e. The molecular formula is C16H25NO2S. The number of hydrogen-bond donors (Lipinski definition) is 1. The predicted molar refractivity (Wildman–Crippen MR) is 85.8 cm³/mol. The maximum Gasteiger partial charge on any atom is 0.338 e. The first kappa shape index (κ1) is 17.1. The average molecular weight is 295 g/mol. The minimum absolute atomic E-state index is 0.191. The molecule has 0 fully saturated rings. The Morgan fingerprint density at radius 1 is 1.10 bits per heavy atom. The zero-order valence-corrected chi connectivity index (χ0v) is 14.1. The molecule has 0 bridgehead atoms. The summed E-state index contributed by atoms with van der Waals surface area (Å²) in [6.45, 7) is 12.9. The van der Waals surface area contributed by atoms with Gasteiger partial charge in [-0.2, -0.15) is 0 Å². The Balaban J connectivity index is 2.54. The van der Waals surface area contributed by atoms with E-state index in [-0.39, 0.29) is 10.7 Å². The average Bonchev–Trinajstić information content (AvgIpc) is 2.25. The molecule has 0 aliphatic carbocycles. The third kappa shape index (κ3) is 6.96. The van der Waals surface area contributed by atoms with Gasteiger partial charge in [0.25, 0.3) is 0 Å². The first-order valence-electron chi connectivity index (χ1n) is 6.80. The van der Waals surface area contributed by atoms with E-state index in [0.29, 0.717) is 5.56 Å². The molecule has 1 rings (SSSR count). The van der Waals surface area contributed by atoms with Crippen LogP contribution in [0.2, 0.25) is 0 Å². The molecule has 0 amide bonds. The maximum atomic E-state index is 11.9. The second-order valence-electron chi connectivity index (χ2n) is 6.73. The van der Waals surface area contributed by atoms with Gasteiger partial charge in [0, 0.05) is 11.3 Å². The van der Waals surface area contributed by atoms with Crippen LogP contribution in [0.3, 0.4) is 0 Å². The Kier molecular flexibility index (Phi) is 5.66. The summed E-state index contributed by atoms with van der Waals surface area (Å²) in [5.41, 5.74) is 1.28. The lowest BCUT2D eigenvalue weighted by atomic mass is 10.1. The lowest BCUT2D eigenvalue weighted by Crippen LogP contribution is -2.23. The number of carbonyl (C=O) groups is 1. The smallest absolute Gasteiger partial charge is 0.338 e. The van der Waals surface area contributed by atoms with E-state index in [0.717, 1.165) is 12.1 Å². The molecule has 4 heteroatoms. The fourth-order valence-electron chi connectivity index (χ4n) is 1.43. The van der Waals surface area contributed by atoms with Crippen molar-refractivity contribution < 1.29 is 9.53 Å². The molecule has 0 saturated carbocycles. The van der Waals surface area contributed by atoms with Crippen LogP contribution in [0.5, 0.6) is 0 Å². The summed E-state index contributed by atoms with van der Waals surface area (Å²) in [6.07, 6.45) is 0. The topological polar surface area (TPSA) is 38.3 Å². The molecule has 0 unspecified atom stereocenters. The highest BCUT2D eigenvalue weighted by atomic mass is 32.2. The fourth-order valence-corrected chi connectivity index (χ4v) is 2.10. The largest absolute Gasteiger partial charge is 0.456 e. The molecule has 1 N–H and O–H groups in total. The standard InChI is InChI=1S/C16H25NO2S/c1-15(2,3)19-14(18)13-9-7-12(8-10-13)11-17-20-16(4,5)6/h7-10,17H,11H2,1-6H3. The summed E-state index contributed by atoms with van der Waals surface area (Å²) in [7, 11) is 0. The van der Waals surface area contributed by atoms with Crippen LogP contribution >= 0.6 is 11.9 Å². The monoisotopic (exact) mass is 295 g/mol. The third-order valence-corrected chi connectivity index (χ3v) is 3.14. The molecule has 0 radical (unpaired) electrons. The first-order chi connectivity index (χ1) is 9.07. The van der Waals surface area contributed by atoms with Crippen LogP contribution in [0.4, 0.5) is 0 Å². The quantitative estimate of drug-likeness (QED) is 0.668. The summed E-state index contributed by atoms with van der Waals surface area (Å²) in [6, 6.07) is 7.53. The number of carbonyl (C=O) groups excluding carboxylic acids is 1. The molecule has 0 aromatic heterocycles. The van der Waals surface area contributed by atoms with E-state index >= 15 is 0 Å². The van der Waals surface area contributed by atoms with Gasteiger partial charge in [0.05, 0.1) is 5.56 Å². The van der Waals surface area contributed by atoms with Gasteiger partial charge in [0.1, 0.15) is 5.60 Å². The van der Waals surface area contributed by atoms with Crippen molar-refractivity contribution in [3.05, 3.63) is 35.4 Å². The number of benzene rings is 1. The molecule has 3 nitrogen and oxygen atoms in total. The Morgan fingerprint density at radius 3 is 2.10 bits per heavy atom. The van der Waals surface area contributed by atoms with Crippen molar-refractivity contribution in [1.82, 2.24) is 4.72 Å². The molecular weight excluding hydrogens is 270 g/mol. The molecule has 0 heterocycles. The predicted octanol–water partition coefficient (Wildman–Crippen LogP) is 4.18. The van der Waals surface area contributed by atoms with Crippen molar-refractivity contribution in [1.29, 1.82) is 0 Å². The zero-order valence-electron chi connectivity index (χ0n) is 13.2. The second-order valence-corrected chi connectivity index (χ2v) is 8.45. The van der Waals surface area contributed by atoms with Gasteiger partial charge in [0.2, 0.25) is 0 Å². The molecule has 0 aliphatic heterocycles. The molecule has 0 saturated heterocycles. The van der Waals surface area contributed by atoms with E-state index in [9.17, 15) is 4.79 Å². The van der Waals surface area contributed by atoms with Crippen LogP contribution in [0.25, 0.3) is 0 Å². The van der Waals surface area contributed by atoms with Crippen LogP contribution in [0.1, 0.15) is 57.5 Å². The van der Waals surface area contributed by atoms with E-state index in [1.54, 1.807) is 11.9 Å². The van der Waals surface area contributed by atoms with Crippen molar-refractivity contribution in [3.8, 4) is 0 Å². The van der Waals surface area contributed by atoms with E-state index in [1.165, 1.54) is 0 Å². The van der Waals surface area contributed by atoms with E-state index < -0.39 is 5.60 Å². The van der Waals surface area contributed by atoms with Crippen LogP contribution in [0.15, 0.2) is 24.3 Å². The number of hydrogen-bond acceptors (Lipinski definition) is 4. The Morgan fingerprint density at radius 2 is 1.65 bits per heavy atom. The van der Waals surface area contributed by atoms with Crippen molar-refractivity contribution in [2.75, 3.05) is 0 Å². The van der Waals surface area contributed by atoms with Gasteiger partial charge in [-0.25, -0.2) is 4.79 Å². The first-order valence-corrected chi connectivity index (χ1v) is 7.62. The van der Waals surface area contributed by atoms with Gasteiger partial charge in [-0.3, -0.25) is 4.72 Å². The Bertz CT molecular complexity index is 441. The highest BCUT2D eigenvalue weighted by Gasteiger charge is 2.17. The highest BCUT2D eigenvalue weighted by molar-refractivity contribution is 7.98. The molecule has 0 atom stereocenters. The van der Waals surface area contributed by atoms with Gasteiger partial charge in [-0.1, -0.05) is 24.1 Å². The second kappa shape index (κ2) is 6.64. The third-order valence-electron chi connectivity index (χ3n) is 2.24. The Hall–Kier alpha value is -1.00. The molecule has 20 heavy (non-hydrogen) atoms. The lowest BCUT2D eigenvalue weighted by Gasteiger charge is -2.19. The van der Waals surface area contributed by atoms with Gasteiger partial charge in [-0.05, 0) is 59.2 Å². The van der Waals surface area contributed by atoms with Crippen molar-refractivity contribution in [2.45, 2.75) is 58.4 Å². The van der Waals surface area contributed by atoms with Gasteiger partial charge < -0.3 is 4.74 Å². The molecule has 112 valence electrons. The normalized spacial score (nSPS) is 12.3. The summed E-state index contributed by atoms with van der Waals surface area (Å²) in [4.78, 5) is 11.9. The summed E-state index contributed by atoms with van der Waals surface area (Å²) in [5.74, 6) is -0.277. The van der Waals surface area contributed by atoms with Crippen molar-refractivity contribution in [2.24, 2.45) is 0 Å². The summed E-state index contributed by atoms with van der Waals surface area (Å²) < 4.78 is 8.85. The van der Waals surface area contributed by atoms with E-state index in [4.69, 9.17) is 4.74 Å².